The predicted octanol–water partition coefficient (Wildman–Crippen LogP) is 3.37. The summed E-state index contributed by atoms with van der Waals surface area (Å²) in [6, 6.07) is 1.18. The number of nitrogens with one attached hydrogen (secondary N) is 1. The second kappa shape index (κ2) is 6.54. The van der Waals surface area contributed by atoms with Crippen LogP contribution in [-0.2, 0) is 0 Å². The first-order valence-corrected chi connectivity index (χ1v) is 8.95. The van der Waals surface area contributed by atoms with Crippen molar-refractivity contribution >= 4 is 11.3 Å². The van der Waals surface area contributed by atoms with Gasteiger partial charge in [-0.1, -0.05) is 19.3 Å². The fraction of sp³-hybridized carbons (Fsp3) is 0.812. The van der Waals surface area contributed by atoms with E-state index in [0.29, 0.717) is 12.1 Å². The minimum atomic E-state index is 0.474. The Bertz CT molecular complexity index is 425. The van der Waals surface area contributed by atoms with Crippen LogP contribution in [-0.4, -0.2) is 35.6 Å². The van der Waals surface area contributed by atoms with Gasteiger partial charge in [0, 0.05) is 36.8 Å². The summed E-state index contributed by atoms with van der Waals surface area (Å²) >= 11 is 1.85. The van der Waals surface area contributed by atoms with Crippen molar-refractivity contribution < 1.29 is 0 Å². The van der Waals surface area contributed by atoms with Gasteiger partial charge in [-0.25, -0.2) is 4.98 Å². The summed E-state index contributed by atoms with van der Waals surface area (Å²) in [5.41, 5.74) is 0. The van der Waals surface area contributed by atoms with Crippen molar-refractivity contribution in [2.24, 2.45) is 5.92 Å². The Morgan fingerprint density at radius 2 is 2.15 bits per heavy atom. The molecule has 2 atom stereocenters. The maximum Gasteiger partial charge on any atom is 0.110 e. The third-order valence-electron chi connectivity index (χ3n) is 5.00. The van der Waals surface area contributed by atoms with Crippen molar-refractivity contribution in [3.8, 4) is 0 Å². The molecule has 0 radical (unpaired) electrons. The zero-order valence-electron chi connectivity index (χ0n) is 12.8. The van der Waals surface area contributed by atoms with Gasteiger partial charge in [0.25, 0.3) is 0 Å². The Labute approximate surface area is 126 Å². The highest BCUT2D eigenvalue weighted by Gasteiger charge is 2.30. The van der Waals surface area contributed by atoms with E-state index in [1.165, 1.54) is 48.5 Å². The molecule has 1 aliphatic heterocycles. The molecule has 1 aromatic rings. The Hall–Kier alpha value is -0.450. The lowest BCUT2D eigenvalue weighted by Gasteiger charge is -2.41. The number of nitrogens with zero attached hydrogens (tertiary/aromatic N) is 2. The summed E-state index contributed by atoms with van der Waals surface area (Å²) in [6.07, 6.45) is 9.18. The summed E-state index contributed by atoms with van der Waals surface area (Å²) in [6.45, 7) is 7.96. The topological polar surface area (TPSA) is 28.2 Å². The van der Waals surface area contributed by atoms with Gasteiger partial charge in [0.05, 0.1) is 6.04 Å². The molecule has 20 heavy (non-hydrogen) atoms. The fourth-order valence-electron chi connectivity index (χ4n) is 3.73. The summed E-state index contributed by atoms with van der Waals surface area (Å²) < 4.78 is 0. The molecule has 1 saturated carbocycles. The molecule has 3 nitrogen and oxygen atoms in total. The first kappa shape index (κ1) is 14.5. The fourth-order valence-corrected chi connectivity index (χ4v) is 4.59. The van der Waals surface area contributed by atoms with E-state index >= 15 is 0 Å². The van der Waals surface area contributed by atoms with Crippen molar-refractivity contribution in [3.05, 3.63) is 16.1 Å². The molecule has 1 aromatic heterocycles. The zero-order valence-corrected chi connectivity index (χ0v) is 13.6. The van der Waals surface area contributed by atoms with Gasteiger partial charge in [-0.05, 0) is 32.6 Å². The minimum Gasteiger partial charge on any atom is -0.311 e. The molecule has 4 heteroatoms. The van der Waals surface area contributed by atoms with Gasteiger partial charge in [0.15, 0.2) is 0 Å². The Morgan fingerprint density at radius 1 is 1.35 bits per heavy atom. The van der Waals surface area contributed by atoms with Crippen molar-refractivity contribution in [1.29, 1.82) is 0 Å². The normalized spacial score (nSPS) is 27.6. The van der Waals surface area contributed by atoms with Crippen LogP contribution in [0.3, 0.4) is 0 Å². The molecule has 112 valence electrons. The van der Waals surface area contributed by atoms with Crippen molar-refractivity contribution in [3.63, 3.8) is 0 Å². The van der Waals surface area contributed by atoms with E-state index in [1.807, 2.05) is 17.5 Å². The van der Waals surface area contributed by atoms with Gasteiger partial charge in [0.1, 0.15) is 5.01 Å². The average Bonchev–Trinajstić information content (AvgIpc) is 2.94. The van der Waals surface area contributed by atoms with Crippen molar-refractivity contribution in [1.82, 2.24) is 15.2 Å². The largest absolute Gasteiger partial charge is 0.311 e. The van der Waals surface area contributed by atoms with Gasteiger partial charge >= 0.3 is 0 Å². The van der Waals surface area contributed by atoms with Gasteiger partial charge in [0.2, 0.25) is 0 Å². The molecule has 3 rings (SSSR count). The first-order chi connectivity index (χ1) is 9.74. The molecule has 2 fully saturated rings. The lowest BCUT2D eigenvalue weighted by atomic mass is 9.83. The number of hydrogen-bond donors (Lipinski definition) is 1. The molecule has 0 bridgehead atoms. The van der Waals surface area contributed by atoms with Crippen LogP contribution < -0.4 is 5.32 Å². The summed E-state index contributed by atoms with van der Waals surface area (Å²) in [7, 11) is 0. The first-order valence-electron chi connectivity index (χ1n) is 8.14. The third kappa shape index (κ3) is 3.23. The highest BCUT2D eigenvalue weighted by Crippen LogP contribution is 2.30. The number of aromatic nitrogens is 1. The minimum absolute atomic E-state index is 0.474. The van der Waals surface area contributed by atoms with E-state index in [0.717, 1.165) is 19.0 Å². The van der Waals surface area contributed by atoms with Crippen LogP contribution in [0, 0.1) is 12.8 Å². The molecule has 1 aliphatic carbocycles. The Balaban J connectivity index is 1.62. The lowest BCUT2D eigenvalue weighted by Crippen LogP contribution is -2.54. The molecule has 0 spiro atoms. The van der Waals surface area contributed by atoms with E-state index in [2.05, 4.69) is 29.0 Å². The van der Waals surface area contributed by atoms with Crippen LogP contribution in [0.4, 0.5) is 0 Å². The molecular weight excluding hydrogens is 266 g/mol. The van der Waals surface area contributed by atoms with Crippen molar-refractivity contribution in [2.75, 3.05) is 19.6 Å². The number of hydrogen-bond acceptors (Lipinski definition) is 4. The van der Waals surface area contributed by atoms with Gasteiger partial charge in [-0.2, -0.15) is 0 Å². The monoisotopic (exact) mass is 293 g/mol. The van der Waals surface area contributed by atoms with E-state index in [9.17, 15) is 0 Å². The summed E-state index contributed by atoms with van der Waals surface area (Å²) in [5, 5.41) is 5.06. The molecule has 0 aromatic carbocycles. The van der Waals surface area contributed by atoms with Gasteiger partial charge < -0.3 is 5.32 Å². The second-order valence-electron chi connectivity index (χ2n) is 6.44. The van der Waals surface area contributed by atoms with Crippen LogP contribution in [0.15, 0.2) is 6.20 Å². The highest BCUT2D eigenvalue weighted by molar-refractivity contribution is 7.11. The van der Waals surface area contributed by atoms with E-state index in [-0.39, 0.29) is 0 Å². The maximum absolute atomic E-state index is 4.58. The maximum atomic E-state index is 4.58. The molecule has 1 N–H and O–H groups in total. The Morgan fingerprint density at radius 3 is 2.85 bits per heavy atom. The summed E-state index contributed by atoms with van der Waals surface area (Å²) in [4.78, 5) is 8.54. The van der Waals surface area contributed by atoms with Crippen LogP contribution in [0.5, 0.6) is 0 Å². The SMILES string of the molecule is Cc1cnc(C(C)N2CCNC(C3CCCCC3)C2)s1. The molecule has 2 aliphatic rings. The highest BCUT2D eigenvalue weighted by atomic mass is 32.1. The predicted molar refractivity (Wildman–Crippen MR) is 85.2 cm³/mol. The standard InChI is InChI=1S/C16H27N3S/c1-12-10-18-16(20-12)13(2)19-9-8-17-15(11-19)14-6-4-3-5-7-14/h10,13-15,17H,3-9,11H2,1-2H3. The number of rotatable bonds is 3. The quantitative estimate of drug-likeness (QED) is 0.926. The van der Waals surface area contributed by atoms with Crippen LogP contribution in [0.1, 0.15) is 55.0 Å². The van der Waals surface area contributed by atoms with Crippen LogP contribution in [0.25, 0.3) is 0 Å². The number of aryl methyl sites for hydroxylation is 1. The molecule has 1 saturated heterocycles. The molecule has 2 heterocycles. The average molecular weight is 293 g/mol. The Kier molecular flexibility index (Phi) is 4.74. The molecular formula is C16H27N3S. The molecule has 0 amide bonds. The van der Waals surface area contributed by atoms with Crippen LogP contribution in [0.2, 0.25) is 0 Å². The second-order valence-corrected chi connectivity index (χ2v) is 7.71. The lowest BCUT2D eigenvalue weighted by molar-refractivity contribution is 0.114. The number of thiazole rings is 1. The van der Waals surface area contributed by atoms with Crippen molar-refractivity contribution in [2.45, 2.75) is 58.0 Å². The number of piperazine rings is 1. The van der Waals surface area contributed by atoms with Gasteiger partial charge in [-0.15, -0.1) is 11.3 Å². The van der Waals surface area contributed by atoms with Crippen LogP contribution >= 0.6 is 11.3 Å². The van der Waals surface area contributed by atoms with Gasteiger partial charge in [-0.3, -0.25) is 4.90 Å². The van der Waals surface area contributed by atoms with E-state index in [4.69, 9.17) is 0 Å². The zero-order chi connectivity index (χ0) is 13.9. The van der Waals surface area contributed by atoms with E-state index in [1.54, 1.807) is 0 Å². The smallest absolute Gasteiger partial charge is 0.110 e. The molecule has 2 unspecified atom stereocenters. The van der Waals surface area contributed by atoms with E-state index < -0.39 is 0 Å². The summed E-state index contributed by atoms with van der Waals surface area (Å²) in [5.74, 6) is 0.900. The third-order valence-corrected chi connectivity index (χ3v) is 6.08.